The van der Waals surface area contributed by atoms with Gasteiger partial charge in [-0.15, -0.1) is 0 Å². The Hall–Kier alpha value is -1.36. The van der Waals surface area contributed by atoms with Crippen LogP contribution in [0.1, 0.15) is 25.2 Å². The Morgan fingerprint density at radius 2 is 2.00 bits per heavy atom. The monoisotopic (exact) mass is 252 g/mol. The summed E-state index contributed by atoms with van der Waals surface area (Å²) in [6.45, 7) is 8.40. The number of hydrogen-bond donors (Lipinski definition) is 1. The van der Waals surface area contributed by atoms with Gasteiger partial charge >= 0.3 is 0 Å². The fourth-order valence-electron chi connectivity index (χ4n) is 1.77. The molecule has 5 heteroatoms. The van der Waals surface area contributed by atoms with Crippen LogP contribution in [-0.2, 0) is 11.2 Å². The first-order valence-electron chi connectivity index (χ1n) is 6.48. The molecule has 0 atom stereocenters. The second-order valence-corrected chi connectivity index (χ2v) is 4.16. The lowest BCUT2D eigenvalue weighted by atomic mass is 10.2. The van der Waals surface area contributed by atoms with E-state index in [4.69, 9.17) is 4.74 Å². The predicted octanol–water partition coefficient (Wildman–Crippen LogP) is 1.86. The summed E-state index contributed by atoms with van der Waals surface area (Å²) < 4.78 is 5.38. The van der Waals surface area contributed by atoms with Crippen molar-refractivity contribution in [3.63, 3.8) is 0 Å². The third kappa shape index (κ3) is 3.57. The molecule has 1 rings (SSSR count). The molecule has 0 aromatic carbocycles. The topological polar surface area (TPSA) is 50.3 Å². The van der Waals surface area contributed by atoms with Crippen molar-refractivity contribution in [2.24, 2.45) is 0 Å². The van der Waals surface area contributed by atoms with Crippen molar-refractivity contribution >= 4 is 11.6 Å². The molecule has 0 unspecified atom stereocenters. The van der Waals surface area contributed by atoms with Crippen LogP contribution in [0.3, 0.4) is 0 Å². The van der Waals surface area contributed by atoms with Crippen molar-refractivity contribution in [2.75, 3.05) is 44.1 Å². The summed E-state index contributed by atoms with van der Waals surface area (Å²) in [7, 11) is 3.92. The van der Waals surface area contributed by atoms with Gasteiger partial charge in [-0.1, -0.05) is 6.92 Å². The molecule has 0 bridgehead atoms. The van der Waals surface area contributed by atoms with Gasteiger partial charge in [-0.05, 0) is 13.8 Å². The van der Waals surface area contributed by atoms with Crippen LogP contribution in [0.4, 0.5) is 11.6 Å². The first kappa shape index (κ1) is 14.7. The highest BCUT2D eigenvalue weighted by molar-refractivity contribution is 5.58. The molecule has 102 valence electrons. The highest BCUT2D eigenvalue weighted by Gasteiger charge is 2.12. The van der Waals surface area contributed by atoms with Gasteiger partial charge in [0.1, 0.15) is 17.5 Å². The lowest BCUT2D eigenvalue weighted by molar-refractivity contribution is 0.154. The fourth-order valence-corrected chi connectivity index (χ4v) is 1.77. The Bertz CT molecular complexity index is 381. The molecule has 0 spiro atoms. The van der Waals surface area contributed by atoms with Gasteiger partial charge in [0.15, 0.2) is 0 Å². The number of rotatable bonds is 7. The number of ether oxygens (including phenoxy) is 1. The van der Waals surface area contributed by atoms with Crippen LogP contribution in [0, 0.1) is 6.92 Å². The second-order valence-electron chi connectivity index (χ2n) is 4.16. The highest BCUT2D eigenvalue weighted by atomic mass is 16.5. The van der Waals surface area contributed by atoms with Gasteiger partial charge in [0, 0.05) is 39.2 Å². The summed E-state index contributed by atoms with van der Waals surface area (Å²) in [6.07, 6.45) is 0.835. The van der Waals surface area contributed by atoms with E-state index in [1.165, 1.54) is 0 Å². The Kier molecular flexibility index (Phi) is 5.85. The van der Waals surface area contributed by atoms with Gasteiger partial charge in [-0.25, -0.2) is 9.97 Å². The minimum Gasteiger partial charge on any atom is -0.380 e. The molecule has 0 aliphatic carbocycles. The van der Waals surface area contributed by atoms with Gasteiger partial charge in [-0.2, -0.15) is 0 Å². The van der Waals surface area contributed by atoms with Gasteiger partial charge in [0.2, 0.25) is 0 Å². The van der Waals surface area contributed by atoms with Crippen molar-refractivity contribution < 1.29 is 4.74 Å². The van der Waals surface area contributed by atoms with E-state index in [0.29, 0.717) is 6.61 Å². The second kappa shape index (κ2) is 7.16. The van der Waals surface area contributed by atoms with E-state index in [9.17, 15) is 0 Å². The molecular formula is C13H24N4O. The predicted molar refractivity (Wildman–Crippen MR) is 75.5 cm³/mol. The zero-order valence-corrected chi connectivity index (χ0v) is 12.1. The fraction of sp³-hybridized carbons (Fsp3) is 0.692. The van der Waals surface area contributed by atoms with Gasteiger partial charge in [-0.3, -0.25) is 0 Å². The van der Waals surface area contributed by atoms with Crippen LogP contribution < -0.4 is 10.2 Å². The van der Waals surface area contributed by atoms with Crippen LogP contribution >= 0.6 is 0 Å². The number of nitrogens with one attached hydrogen (secondary N) is 1. The molecule has 0 aliphatic rings. The van der Waals surface area contributed by atoms with Crippen LogP contribution in [0.25, 0.3) is 0 Å². The van der Waals surface area contributed by atoms with Gasteiger partial charge < -0.3 is 15.0 Å². The Balaban J connectivity index is 2.91. The molecule has 1 heterocycles. The molecule has 0 aliphatic heterocycles. The quantitative estimate of drug-likeness (QED) is 0.751. The molecule has 1 aromatic heterocycles. The van der Waals surface area contributed by atoms with E-state index in [0.717, 1.165) is 42.6 Å². The zero-order chi connectivity index (χ0) is 13.5. The third-order valence-corrected chi connectivity index (χ3v) is 2.86. The Morgan fingerprint density at radius 3 is 2.56 bits per heavy atom. The number of aryl methyl sites for hydroxylation is 1. The first-order valence-corrected chi connectivity index (χ1v) is 6.48. The molecular weight excluding hydrogens is 228 g/mol. The number of likely N-dealkylation sites (N-methyl/N-ethyl adjacent to an activating group) is 1. The standard InChI is InChI=1S/C13H24N4O/c1-6-11-15-12(14-4)10(3)13(16-11)17(5)8-9-18-7-2/h6-9H2,1-5H3,(H,14,15,16). The van der Waals surface area contributed by atoms with E-state index < -0.39 is 0 Å². The molecule has 0 amide bonds. The van der Waals surface area contributed by atoms with Crippen molar-refractivity contribution in [2.45, 2.75) is 27.2 Å². The SMILES string of the molecule is CCOCCN(C)c1nc(CC)nc(NC)c1C. The van der Waals surface area contributed by atoms with Crippen LogP contribution in [0.5, 0.6) is 0 Å². The molecule has 1 N–H and O–H groups in total. The maximum atomic E-state index is 5.38. The molecule has 0 saturated heterocycles. The van der Waals surface area contributed by atoms with E-state index >= 15 is 0 Å². The van der Waals surface area contributed by atoms with Crippen LogP contribution in [0.2, 0.25) is 0 Å². The number of aromatic nitrogens is 2. The Labute approximate surface area is 110 Å². The number of nitrogens with zero attached hydrogens (tertiary/aromatic N) is 3. The smallest absolute Gasteiger partial charge is 0.137 e. The summed E-state index contributed by atoms with van der Waals surface area (Å²) in [5, 5.41) is 3.12. The molecule has 1 aromatic rings. The van der Waals surface area contributed by atoms with Crippen molar-refractivity contribution in [3.05, 3.63) is 11.4 Å². The zero-order valence-electron chi connectivity index (χ0n) is 12.1. The molecule has 5 nitrogen and oxygen atoms in total. The van der Waals surface area contributed by atoms with Crippen LogP contribution in [0.15, 0.2) is 0 Å². The molecule has 0 radical (unpaired) electrons. The van der Waals surface area contributed by atoms with E-state index in [2.05, 4.69) is 27.1 Å². The number of hydrogen-bond acceptors (Lipinski definition) is 5. The van der Waals surface area contributed by atoms with E-state index in [1.54, 1.807) is 0 Å². The van der Waals surface area contributed by atoms with E-state index in [1.807, 2.05) is 27.9 Å². The molecule has 0 saturated carbocycles. The molecule has 0 fully saturated rings. The summed E-state index contributed by atoms with van der Waals surface area (Å²) in [5.41, 5.74) is 1.08. The summed E-state index contributed by atoms with van der Waals surface area (Å²) in [4.78, 5) is 11.2. The normalized spacial score (nSPS) is 10.5. The minimum absolute atomic E-state index is 0.715. The Morgan fingerprint density at radius 1 is 1.28 bits per heavy atom. The summed E-state index contributed by atoms with van der Waals surface area (Å²) in [5.74, 6) is 2.74. The van der Waals surface area contributed by atoms with Gasteiger partial charge in [0.25, 0.3) is 0 Å². The lowest BCUT2D eigenvalue weighted by Crippen LogP contribution is -2.25. The summed E-state index contributed by atoms with van der Waals surface area (Å²) in [6, 6.07) is 0. The minimum atomic E-state index is 0.715. The highest BCUT2D eigenvalue weighted by Crippen LogP contribution is 2.22. The first-order chi connectivity index (χ1) is 8.63. The van der Waals surface area contributed by atoms with E-state index in [-0.39, 0.29) is 0 Å². The van der Waals surface area contributed by atoms with Crippen LogP contribution in [-0.4, -0.2) is 43.8 Å². The maximum absolute atomic E-state index is 5.38. The molecule has 18 heavy (non-hydrogen) atoms. The van der Waals surface area contributed by atoms with Crippen molar-refractivity contribution in [1.29, 1.82) is 0 Å². The summed E-state index contributed by atoms with van der Waals surface area (Å²) >= 11 is 0. The largest absolute Gasteiger partial charge is 0.380 e. The van der Waals surface area contributed by atoms with Crippen molar-refractivity contribution in [3.8, 4) is 0 Å². The average Bonchev–Trinajstić information content (AvgIpc) is 2.39. The van der Waals surface area contributed by atoms with Crippen molar-refractivity contribution in [1.82, 2.24) is 9.97 Å². The lowest BCUT2D eigenvalue weighted by Gasteiger charge is -2.22. The maximum Gasteiger partial charge on any atom is 0.137 e. The van der Waals surface area contributed by atoms with Gasteiger partial charge in [0.05, 0.1) is 6.61 Å². The number of anilines is 2. The third-order valence-electron chi connectivity index (χ3n) is 2.86. The average molecular weight is 252 g/mol.